The lowest BCUT2D eigenvalue weighted by atomic mass is 9.86. The van der Waals surface area contributed by atoms with Crippen LogP contribution in [0.25, 0.3) is 0 Å². The third-order valence-electron chi connectivity index (χ3n) is 3.91. The fourth-order valence-electron chi connectivity index (χ4n) is 2.57. The molecule has 0 aromatic heterocycles. The molecule has 120 valence electrons. The van der Waals surface area contributed by atoms with Crippen LogP contribution in [0.5, 0.6) is 0 Å². The standard InChI is InChI=1S/C17H25N3O2/c1-16(2,3)10-18-15(22)19-11-7-8-13-12(9-11)17(4,5)14(21)20(13)6/h7-9H,10H2,1-6H3,(H2,18,19,22). The van der Waals surface area contributed by atoms with Gasteiger partial charge in [-0.15, -0.1) is 0 Å². The van der Waals surface area contributed by atoms with Crippen molar-refractivity contribution >= 4 is 23.3 Å². The fraction of sp³-hybridized carbons (Fsp3) is 0.529. The van der Waals surface area contributed by atoms with Gasteiger partial charge in [0.25, 0.3) is 0 Å². The predicted octanol–water partition coefficient (Wildman–Crippen LogP) is 3.11. The highest BCUT2D eigenvalue weighted by Gasteiger charge is 2.42. The zero-order chi connectivity index (χ0) is 16.7. The average molecular weight is 303 g/mol. The number of carbonyl (C=O) groups excluding carboxylic acids is 2. The smallest absolute Gasteiger partial charge is 0.319 e. The summed E-state index contributed by atoms with van der Waals surface area (Å²) in [7, 11) is 1.78. The Hall–Kier alpha value is -2.04. The topological polar surface area (TPSA) is 61.4 Å². The van der Waals surface area contributed by atoms with Gasteiger partial charge in [0, 0.05) is 25.0 Å². The first-order chi connectivity index (χ1) is 10.0. The fourth-order valence-corrected chi connectivity index (χ4v) is 2.57. The minimum absolute atomic E-state index is 0.0341. The maximum Gasteiger partial charge on any atom is 0.319 e. The molecule has 1 aromatic carbocycles. The quantitative estimate of drug-likeness (QED) is 0.882. The van der Waals surface area contributed by atoms with E-state index in [1.165, 1.54) is 0 Å². The molecule has 2 N–H and O–H groups in total. The third-order valence-corrected chi connectivity index (χ3v) is 3.91. The van der Waals surface area contributed by atoms with Crippen LogP contribution in [0.1, 0.15) is 40.2 Å². The summed E-state index contributed by atoms with van der Waals surface area (Å²) in [6.45, 7) is 10.6. The summed E-state index contributed by atoms with van der Waals surface area (Å²) >= 11 is 0. The van der Waals surface area contributed by atoms with Crippen molar-refractivity contribution in [1.29, 1.82) is 0 Å². The van der Waals surface area contributed by atoms with Crippen molar-refractivity contribution in [2.24, 2.45) is 5.41 Å². The number of carbonyl (C=O) groups is 2. The molecule has 0 saturated carbocycles. The van der Waals surface area contributed by atoms with E-state index in [9.17, 15) is 9.59 Å². The maximum absolute atomic E-state index is 12.3. The molecule has 0 fully saturated rings. The molecule has 0 saturated heterocycles. The molecule has 1 aliphatic rings. The number of likely N-dealkylation sites (N-methyl/N-ethyl adjacent to an activating group) is 1. The molecule has 1 aliphatic heterocycles. The SMILES string of the molecule is CN1C(=O)C(C)(C)c2cc(NC(=O)NCC(C)(C)C)ccc21. The Kier molecular flexibility index (Phi) is 3.94. The van der Waals surface area contributed by atoms with E-state index >= 15 is 0 Å². The van der Waals surface area contributed by atoms with Crippen LogP contribution in [0.2, 0.25) is 0 Å². The first kappa shape index (κ1) is 16.3. The molecule has 1 aromatic rings. The van der Waals surface area contributed by atoms with E-state index in [2.05, 4.69) is 31.4 Å². The number of nitrogens with one attached hydrogen (secondary N) is 2. The van der Waals surface area contributed by atoms with Gasteiger partial charge in [-0.3, -0.25) is 4.79 Å². The van der Waals surface area contributed by atoms with Gasteiger partial charge >= 0.3 is 6.03 Å². The molecule has 0 unspecified atom stereocenters. The van der Waals surface area contributed by atoms with Gasteiger partial charge in [0.15, 0.2) is 0 Å². The van der Waals surface area contributed by atoms with Crippen molar-refractivity contribution in [3.05, 3.63) is 23.8 Å². The predicted molar refractivity (Wildman–Crippen MR) is 89.4 cm³/mol. The van der Waals surface area contributed by atoms with Gasteiger partial charge in [-0.25, -0.2) is 4.79 Å². The van der Waals surface area contributed by atoms with Crippen molar-refractivity contribution < 1.29 is 9.59 Å². The van der Waals surface area contributed by atoms with E-state index < -0.39 is 5.41 Å². The molecule has 0 atom stereocenters. The molecular formula is C17H25N3O2. The van der Waals surface area contributed by atoms with Gasteiger partial charge < -0.3 is 15.5 Å². The van der Waals surface area contributed by atoms with Crippen molar-refractivity contribution in [3.63, 3.8) is 0 Å². The number of hydrogen-bond acceptors (Lipinski definition) is 2. The Morgan fingerprint density at radius 3 is 2.50 bits per heavy atom. The van der Waals surface area contributed by atoms with E-state index in [1.54, 1.807) is 11.9 Å². The van der Waals surface area contributed by atoms with Crippen molar-refractivity contribution in [2.45, 2.75) is 40.0 Å². The number of nitrogens with zero attached hydrogens (tertiary/aromatic N) is 1. The van der Waals surface area contributed by atoms with Crippen LogP contribution in [-0.4, -0.2) is 25.5 Å². The number of hydrogen-bond donors (Lipinski definition) is 2. The monoisotopic (exact) mass is 303 g/mol. The molecule has 0 aliphatic carbocycles. The van der Waals surface area contributed by atoms with E-state index in [0.29, 0.717) is 12.2 Å². The number of rotatable bonds is 2. The molecular weight excluding hydrogens is 278 g/mol. The van der Waals surface area contributed by atoms with E-state index in [1.807, 2.05) is 32.0 Å². The van der Waals surface area contributed by atoms with E-state index in [-0.39, 0.29) is 17.4 Å². The van der Waals surface area contributed by atoms with Crippen LogP contribution in [0, 0.1) is 5.41 Å². The van der Waals surface area contributed by atoms with Gasteiger partial charge in [-0.05, 0) is 43.0 Å². The first-order valence-electron chi connectivity index (χ1n) is 7.50. The normalized spacial score (nSPS) is 16.5. The summed E-state index contributed by atoms with van der Waals surface area (Å²) < 4.78 is 0. The Balaban J connectivity index is 2.15. The summed E-state index contributed by atoms with van der Waals surface area (Å²) in [5.41, 5.74) is 2.00. The molecule has 5 heteroatoms. The molecule has 0 radical (unpaired) electrons. The van der Waals surface area contributed by atoms with Crippen LogP contribution >= 0.6 is 0 Å². The Bertz CT molecular complexity index is 615. The van der Waals surface area contributed by atoms with E-state index in [0.717, 1.165) is 11.3 Å². The van der Waals surface area contributed by atoms with Gasteiger partial charge in [0.05, 0.1) is 5.41 Å². The molecule has 22 heavy (non-hydrogen) atoms. The summed E-state index contributed by atoms with van der Waals surface area (Å²) in [4.78, 5) is 25.9. The van der Waals surface area contributed by atoms with Gasteiger partial charge in [0.1, 0.15) is 0 Å². The second-order valence-corrected chi connectivity index (χ2v) is 7.59. The highest BCUT2D eigenvalue weighted by Crippen LogP contribution is 2.41. The summed E-state index contributed by atoms with van der Waals surface area (Å²) in [6, 6.07) is 5.35. The third kappa shape index (κ3) is 3.08. The van der Waals surface area contributed by atoms with Crippen LogP contribution in [0.4, 0.5) is 16.2 Å². The van der Waals surface area contributed by atoms with Crippen molar-refractivity contribution in [3.8, 4) is 0 Å². The van der Waals surface area contributed by atoms with Crippen LogP contribution in [-0.2, 0) is 10.2 Å². The molecule has 0 spiro atoms. The van der Waals surface area contributed by atoms with Crippen molar-refractivity contribution in [2.75, 3.05) is 23.8 Å². The largest absolute Gasteiger partial charge is 0.337 e. The lowest BCUT2D eigenvalue weighted by Gasteiger charge is -2.19. The zero-order valence-corrected chi connectivity index (χ0v) is 14.2. The Labute approximate surface area is 132 Å². The Morgan fingerprint density at radius 2 is 1.91 bits per heavy atom. The van der Waals surface area contributed by atoms with Gasteiger partial charge in [-0.2, -0.15) is 0 Å². The van der Waals surface area contributed by atoms with Crippen LogP contribution in [0.15, 0.2) is 18.2 Å². The number of fused-ring (bicyclic) bond motifs is 1. The minimum atomic E-state index is -0.566. The number of amides is 3. The number of anilines is 2. The highest BCUT2D eigenvalue weighted by atomic mass is 16.2. The number of benzene rings is 1. The minimum Gasteiger partial charge on any atom is -0.337 e. The summed E-state index contributed by atoms with van der Waals surface area (Å²) in [5, 5.41) is 5.68. The number of urea groups is 1. The maximum atomic E-state index is 12.3. The highest BCUT2D eigenvalue weighted by molar-refractivity contribution is 6.07. The second-order valence-electron chi connectivity index (χ2n) is 7.59. The Morgan fingerprint density at radius 1 is 1.27 bits per heavy atom. The van der Waals surface area contributed by atoms with Crippen LogP contribution in [0.3, 0.4) is 0 Å². The van der Waals surface area contributed by atoms with Crippen molar-refractivity contribution in [1.82, 2.24) is 5.32 Å². The van der Waals surface area contributed by atoms with Gasteiger partial charge in [-0.1, -0.05) is 20.8 Å². The molecule has 0 bridgehead atoms. The van der Waals surface area contributed by atoms with Crippen LogP contribution < -0.4 is 15.5 Å². The van der Waals surface area contributed by atoms with E-state index in [4.69, 9.17) is 0 Å². The molecule has 5 nitrogen and oxygen atoms in total. The summed E-state index contributed by atoms with van der Waals surface area (Å²) in [6.07, 6.45) is 0. The molecule has 2 rings (SSSR count). The first-order valence-corrected chi connectivity index (χ1v) is 7.50. The lowest BCUT2D eigenvalue weighted by molar-refractivity contribution is -0.121. The average Bonchev–Trinajstić information content (AvgIpc) is 2.58. The zero-order valence-electron chi connectivity index (χ0n) is 14.2. The summed E-state index contributed by atoms with van der Waals surface area (Å²) in [5.74, 6) is 0.0665. The molecule has 3 amide bonds. The lowest BCUT2D eigenvalue weighted by Crippen LogP contribution is -2.35. The second kappa shape index (κ2) is 5.30. The molecule has 1 heterocycles. The van der Waals surface area contributed by atoms with Gasteiger partial charge in [0.2, 0.25) is 5.91 Å².